The molecule has 30 atom stereocenters. The summed E-state index contributed by atoms with van der Waals surface area (Å²) in [7, 11) is -5.53. The van der Waals surface area contributed by atoms with E-state index in [1.807, 2.05) is 5.32 Å². The molecule has 5 heterocycles. The lowest BCUT2D eigenvalue weighted by Gasteiger charge is -2.52. The van der Waals surface area contributed by atoms with Gasteiger partial charge in [-0.1, -0.05) is 0 Å². The van der Waals surface area contributed by atoms with Gasteiger partial charge in [0.15, 0.2) is 25.2 Å². The molecule has 5 aliphatic rings. The molecule has 5 aliphatic heterocycles. The van der Waals surface area contributed by atoms with Gasteiger partial charge in [0.25, 0.3) is 5.79 Å². The number of nitrogens with one attached hydrogen (secondary N) is 4. The Hall–Kier alpha value is -3.90. The van der Waals surface area contributed by atoms with Crippen LogP contribution in [0.25, 0.3) is 0 Å². The van der Waals surface area contributed by atoms with Crippen LogP contribution in [-0.2, 0) is 85.9 Å². The maximum Gasteiger partial charge on any atom is 0.397 e. The third-order valence-corrected chi connectivity index (χ3v) is 15.4. The monoisotopic (exact) mass is 1340 g/mol. The number of ether oxygens (including phenoxy) is 10. The minimum atomic E-state index is -5.53. The first kappa shape index (κ1) is 76.8. The molecule has 5 fully saturated rings. The number of hydrogen-bond acceptors (Lipinski definition) is 36. The van der Waals surface area contributed by atoms with Crippen molar-refractivity contribution in [3.05, 3.63) is 0 Å². The molecule has 0 bridgehead atoms. The number of carboxylic acid groups (broad SMARTS) is 1. The molecule has 4 amide bonds. The first-order valence-electron chi connectivity index (χ1n) is 27.5. The van der Waals surface area contributed by atoms with E-state index < -0.39 is 283 Å². The lowest BCUT2D eigenvalue weighted by atomic mass is 9.88. The molecule has 522 valence electrons. The summed E-state index contributed by atoms with van der Waals surface area (Å²) in [5.41, 5.74) is 0. The van der Waals surface area contributed by atoms with Crippen LogP contribution >= 0.6 is 0 Å². The number of aliphatic hydroxyl groups excluding tert-OH is 18. The Morgan fingerprint density at radius 3 is 1.66 bits per heavy atom. The fourth-order valence-electron chi connectivity index (χ4n) is 10.5. The highest BCUT2D eigenvalue weighted by Crippen LogP contribution is 2.41. The lowest BCUT2D eigenvalue weighted by molar-refractivity contribution is -0.398. The highest BCUT2D eigenvalue weighted by Gasteiger charge is 2.62. The van der Waals surface area contributed by atoms with Crippen LogP contribution in [0.3, 0.4) is 0 Å². The number of carboxylic acids is 1. The molecule has 0 aromatic heterocycles. The third kappa shape index (κ3) is 18.7. The van der Waals surface area contributed by atoms with Crippen molar-refractivity contribution in [1.82, 2.24) is 21.3 Å². The molecule has 0 saturated carbocycles. The summed E-state index contributed by atoms with van der Waals surface area (Å²) < 4.78 is 96.1. The summed E-state index contributed by atoms with van der Waals surface area (Å²) in [5, 5.41) is 214. The largest absolute Gasteiger partial charge is 0.477 e. The van der Waals surface area contributed by atoms with E-state index in [0.29, 0.717) is 0 Å². The Kier molecular flexibility index (Phi) is 28.6. The van der Waals surface area contributed by atoms with Crippen LogP contribution in [0.5, 0.6) is 0 Å². The predicted octanol–water partition coefficient (Wildman–Crippen LogP) is -15.9. The third-order valence-electron chi connectivity index (χ3n) is 15.0. The van der Waals surface area contributed by atoms with E-state index in [1.54, 1.807) is 0 Å². The quantitative estimate of drug-likeness (QED) is 0.0297. The second-order valence-corrected chi connectivity index (χ2v) is 22.6. The van der Waals surface area contributed by atoms with E-state index in [2.05, 4.69) is 20.1 Å². The fraction of sp³-hybridized carbons (Fsp3) is 0.894. The van der Waals surface area contributed by atoms with Gasteiger partial charge in [0.1, 0.15) is 141 Å². The molecular weight excluding hydrogens is 1260 g/mol. The van der Waals surface area contributed by atoms with Gasteiger partial charge in [-0.05, 0) is 0 Å². The molecule has 5 saturated heterocycles. The normalized spacial score (nSPS) is 39.6. The zero-order chi connectivity index (χ0) is 67.6. The number of hydrogen-bond donors (Lipinski definition) is 24. The van der Waals surface area contributed by atoms with Crippen molar-refractivity contribution < 1.29 is 186 Å². The smallest absolute Gasteiger partial charge is 0.397 e. The van der Waals surface area contributed by atoms with E-state index in [-0.39, 0.29) is 0 Å². The summed E-state index contributed by atoms with van der Waals surface area (Å²) in [6, 6.07) is -7.62. The summed E-state index contributed by atoms with van der Waals surface area (Å²) in [5.74, 6) is -9.91. The zero-order valence-corrected chi connectivity index (χ0v) is 48.6. The van der Waals surface area contributed by atoms with Crippen LogP contribution in [0, 0.1) is 0 Å². The van der Waals surface area contributed by atoms with Crippen LogP contribution < -0.4 is 21.3 Å². The van der Waals surface area contributed by atoms with Crippen molar-refractivity contribution in [2.75, 3.05) is 52.9 Å². The number of carbonyl (C=O) groups excluding carboxylic acids is 4. The van der Waals surface area contributed by atoms with Gasteiger partial charge in [-0.3, -0.25) is 23.7 Å². The standard InChI is InChI=1S/C47H80N4O38S/c1-13(58)48-16(5-52)37(85-44-35(72)34(71)31(68)21(8-55)82-44)29(66)19(63)11-79-42-27(50-15(3)60)33(70)38(23(84-42)12-80-90(76,77)78)86-45-36(73)41(39(22(9-56)83-45)87-43-26(49-14(2)59)32(69)30(67)20(7-54)81-43)89-47(46(74)75)4-17(61)25(51-24(64)10-57)40(88-47)28(65)18(62)6-53/h16-23,25-45,52-57,61-63,65-73H,4-12H2,1-3H3,(H,48,58)(H,49,59)(H,50,60)(H,51,64)(H,74,75)(H,76,77,78)/t16-,17-,18+,19+,20+,21+,22+,23+,25+,26+,27+,28+,29-,30-,31-,32+,33+,34-,35+,36+,37+,38+,39-,40+,41+,42+,43-,44-,45-,47-/m0/s1. The van der Waals surface area contributed by atoms with Crippen LogP contribution in [0.4, 0.5) is 0 Å². The lowest BCUT2D eigenvalue weighted by Crippen LogP contribution is -2.72. The van der Waals surface area contributed by atoms with Gasteiger partial charge in [0.2, 0.25) is 23.6 Å². The van der Waals surface area contributed by atoms with Gasteiger partial charge < -0.3 is 166 Å². The van der Waals surface area contributed by atoms with Crippen molar-refractivity contribution in [3.8, 4) is 0 Å². The molecule has 43 heteroatoms. The van der Waals surface area contributed by atoms with Crippen LogP contribution in [0.15, 0.2) is 0 Å². The number of amides is 4. The number of rotatable bonds is 30. The van der Waals surface area contributed by atoms with Crippen LogP contribution in [-0.4, -0.2) is 376 Å². The number of aliphatic carboxylic acids is 1. The molecule has 0 unspecified atom stereocenters. The van der Waals surface area contributed by atoms with E-state index in [4.69, 9.17) is 47.4 Å². The first-order valence-corrected chi connectivity index (χ1v) is 28.8. The summed E-state index contributed by atoms with van der Waals surface area (Å²) in [6.45, 7) is -7.04. The Morgan fingerprint density at radius 1 is 0.589 bits per heavy atom. The molecule has 0 aromatic carbocycles. The fourth-order valence-corrected chi connectivity index (χ4v) is 10.8. The van der Waals surface area contributed by atoms with E-state index in [0.717, 1.165) is 20.8 Å². The zero-order valence-electron chi connectivity index (χ0n) is 47.8. The van der Waals surface area contributed by atoms with E-state index >= 15 is 0 Å². The summed E-state index contributed by atoms with van der Waals surface area (Å²) in [6.07, 6.45) is -57.1. The van der Waals surface area contributed by atoms with Crippen LogP contribution in [0.1, 0.15) is 27.2 Å². The predicted molar refractivity (Wildman–Crippen MR) is 277 cm³/mol. The average Bonchev–Trinajstić information content (AvgIpc) is 0.779. The van der Waals surface area contributed by atoms with E-state index in [1.165, 1.54) is 0 Å². The topological polar surface area (TPSA) is 674 Å². The van der Waals surface area contributed by atoms with Crippen molar-refractivity contribution >= 4 is 40.0 Å². The number of carbonyl (C=O) groups is 5. The Morgan fingerprint density at radius 2 is 1.13 bits per heavy atom. The minimum absolute atomic E-state index is 0.861. The summed E-state index contributed by atoms with van der Waals surface area (Å²) in [4.78, 5) is 63.4. The van der Waals surface area contributed by atoms with Gasteiger partial charge in [-0.15, -0.1) is 0 Å². The van der Waals surface area contributed by atoms with Gasteiger partial charge >= 0.3 is 16.4 Å². The van der Waals surface area contributed by atoms with Crippen molar-refractivity contribution in [2.45, 2.75) is 210 Å². The Labute approximate surface area is 509 Å². The maximum atomic E-state index is 13.6. The highest BCUT2D eigenvalue weighted by molar-refractivity contribution is 7.80. The molecule has 90 heavy (non-hydrogen) atoms. The summed E-state index contributed by atoms with van der Waals surface area (Å²) >= 11 is 0. The number of aliphatic hydroxyl groups is 18. The first-order chi connectivity index (χ1) is 42.1. The Bertz CT molecular complexity index is 2450. The van der Waals surface area contributed by atoms with Crippen molar-refractivity contribution in [3.63, 3.8) is 0 Å². The van der Waals surface area contributed by atoms with Gasteiger partial charge in [0, 0.05) is 27.2 Å². The molecule has 0 radical (unpaired) electrons. The molecule has 24 N–H and O–H groups in total. The second-order valence-electron chi connectivity index (χ2n) is 21.5. The van der Waals surface area contributed by atoms with Crippen LogP contribution in [0.2, 0.25) is 0 Å². The highest BCUT2D eigenvalue weighted by atomic mass is 32.3. The SMILES string of the molecule is CC(=O)N[C@H]1[C@H](OC[C@@H](O)[C@H](O)[C@H](O[C@@H]2O[C@H](CO)[C@H](O)[C@H](O)[C@H]2O)[C@H](CO)NC(C)=O)O[C@H](COS(=O)(=O)O)[C@@H](O[C@@H]2O[C@H](CO)[C@H](O[C@@H]3O[C@H](CO)[C@H](O)[C@H](O)[C@H]3NC(C)=O)[C@H](O[C@]3(C(=O)O)C[C@H](O)[C@@H](NC(=O)CO)[C@H]([C@H](O)[C@H](O)CO)O3)[C@H]2O)[C@@H]1O. The maximum absolute atomic E-state index is 13.6. The van der Waals surface area contributed by atoms with E-state index in [9.17, 15) is 134 Å². The van der Waals surface area contributed by atoms with Gasteiger partial charge in [-0.25, -0.2) is 8.98 Å². The molecule has 42 nitrogen and oxygen atoms in total. The van der Waals surface area contributed by atoms with Crippen molar-refractivity contribution in [1.29, 1.82) is 0 Å². The average molecular weight is 1340 g/mol. The molecule has 0 aromatic rings. The van der Waals surface area contributed by atoms with Gasteiger partial charge in [0.05, 0.1) is 64.4 Å². The molecule has 0 aliphatic carbocycles. The second kappa shape index (κ2) is 33.5. The minimum Gasteiger partial charge on any atom is -0.477 e. The molecule has 0 spiro atoms. The molecule has 5 rings (SSSR count). The van der Waals surface area contributed by atoms with Gasteiger partial charge in [-0.2, -0.15) is 8.42 Å². The Balaban J connectivity index is 1.57. The molecular formula is C47H80N4O38S. The van der Waals surface area contributed by atoms with Crippen molar-refractivity contribution in [2.24, 2.45) is 0 Å².